The average Bonchev–Trinajstić information content (AvgIpc) is 2.95. The van der Waals surface area contributed by atoms with E-state index >= 15 is 0 Å². The fraction of sp³-hybridized carbons (Fsp3) is 0.412. The molecule has 0 radical (unpaired) electrons. The van der Waals surface area contributed by atoms with Gasteiger partial charge in [0, 0.05) is 17.1 Å². The quantitative estimate of drug-likeness (QED) is 0.700. The number of imide groups is 1. The molecule has 0 aliphatic rings. The third-order valence-electron chi connectivity index (χ3n) is 3.61. The third kappa shape index (κ3) is 4.98. The molecule has 2 rings (SSSR count). The lowest BCUT2D eigenvalue weighted by Crippen LogP contribution is -2.42. The summed E-state index contributed by atoms with van der Waals surface area (Å²) in [6.45, 7) is 6.56. The Morgan fingerprint density at radius 1 is 1.27 bits per heavy atom. The number of aromatic nitrogens is 3. The molecule has 0 spiro atoms. The van der Waals surface area contributed by atoms with Crippen LogP contribution in [0.1, 0.15) is 27.2 Å². The minimum absolute atomic E-state index is 0.0230. The number of nitrogens with one attached hydrogen (secondary N) is 1. The van der Waals surface area contributed by atoms with Crippen LogP contribution < -0.4 is 11.1 Å². The SMILES string of the molecule is CCCn1c(S[C@H](C(=O)NC(N)=O)C(C)C)nnc1-c1ccc(Cl)cc1. The number of amides is 3. The summed E-state index contributed by atoms with van der Waals surface area (Å²) in [6.07, 6.45) is 0.881. The van der Waals surface area contributed by atoms with Crippen LogP contribution in [0.15, 0.2) is 29.4 Å². The molecule has 0 saturated heterocycles. The molecule has 9 heteroatoms. The van der Waals surface area contributed by atoms with Crippen LogP contribution in [0.25, 0.3) is 11.4 Å². The van der Waals surface area contributed by atoms with Crippen molar-refractivity contribution in [2.45, 2.75) is 44.1 Å². The summed E-state index contributed by atoms with van der Waals surface area (Å²) in [5.41, 5.74) is 5.96. The molecule has 0 unspecified atom stereocenters. The van der Waals surface area contributed by atoms with E-state index in [1.165, 1.54) is 11.8 Å². The van der Waals surface area contributed by atoms with E-state index < -0.39 is 17.2 Å². The Labute approximate surface area is 161 Å². The van der Waals surface area contributed by atoms with Gasteiger partial charge in [-0.2, -0.15) is 0 Å². The van der Waals surface area contributed by atoms with Crippen LogP contribution in [0.3, 0.4) is 0 Å². The van der Waals surface area contributed by atoms with Gasteiger partial charge in [-0.1, -0.05) is 44.1 Å². The first-order chi connectivity index (χ1) is 12.3. The number of nitrogens with zero attached hydrogens (tertiary/aromatic N) is 3. The van der Waals surface area contributed by atoms with Gasteiger partial charge in [-0.05, 0) is 36.6 Å². The average molecular weight is 396 g/mol. The summed E-state index contributed by atoms with van der Waals surface area (Å²) in [6, 6.07) is 6.50. The maximum absolute atomic E-state index is 12.3. The normalized spacial score (nSPS) is 12.2. The lowest BCUT2D eigenvalue weighted by atomic mass is 10.1. The van der Waals surface area contributed by atoms with E-state index in [1.807, 2.05) is 30.5 Å². The topological polar surface area (TPSA) is 103 Å². The number of carbonyl (C=O) groups is 2. The highest BCUT2D eigenvalue weighted by atomic mass is 35.5. The van der Waals surface area contributed by atoms with Gasteiger partial charge in [0.2, 0.25) is 5.91 Å². The van der Waals surface area contributed by atoms with Crippen LogP contribution in [-0.4, -0.2) is 32.0 Å². The van der Waals surface area contributed by atoms with E-state index in [1.54, 1.807) is 12.1 Å². The Morgan fingerprint density at radius 2 is 1.92 bits per heavy atom. The molecular formula is C17H22ClN5O2S. The zero-order chi connectivity index (χ0) is 19.3. The Balaban J connectivity index is 2.34. The van der Waals surface area contributed by atoms with Crippen molar-refractivity contribution in [2.75, 3.05) is 0 Å². The second kappa shape index (κ2) is 9.05. The maximum atomic E-state index is 12.3. The van der Waals surface area contributed by atoms with Crippen LogP contribution in [0, 0.1) is 5.92 Å². The number of hydrogen-bond acceptors (Lipinski definition) is 5. The number of urea groups is 1. The van der Waals surface area contributed by atoms with Gasteiger partial charge in [-0.3, -0.25) is 10.1 Å². The van der Waals surface area contributed by atoms with E-state index in [4.69, 9.17) is 17.3 Å². The van der Waals surface area contributed by atoms with E-state index in [2.05, 4.69) is 22.4 Å². The summed E-state index contributed by atoms with van der Waals surface area (Å²) in [5, 5.41) is 11.5. The van der Waals surface area contributed by atoms with Crippen molar-refractivity contribution in [2.24, 2.45) is 11.7 Å². The van der Waals surface area contributed by atoms with Crippen LogP contribution in [0.2, 0.25) is 5.02 Å². The number of hydrogen-bond donors (Lipinski definition) is 2. The van der Waals surface area contributed by atoms with Crippen molar-refractivity contribution in [3.05, 3.63) is 29.3 Å². The van der Waals surface area contributed by atoms with Crippen molar-refractivity contribution < 1.29 is 9.59 Å². The van der Waals surface area contributed by atoms with Gasteiger partial charge < -0.3 is 10.3 Å². The molecule has 0 fully saturated rings. The Hall–Kier alpha value is -2.06. The first-order valence-corrected chi connectivity index (χ1v) is 9.55. The van der Waals surface area contributed by atoms with E-state index in [0.29, 0.717) is 22.5 Å². The molecule has 1 aromatic carbocycles. The molecule has 1 heterocycles. The summed E-state index contributed by atoms with van der Waals surface area (Å²) in [4.78, 5) is 23.3. The first-order valence-electron chi connectivity index (χ1n) is 8.29. The van der Waals surface area contributed by atoms with E-state index in [-0.39, 0.29) is 5.92 Å². The number of carbonyl (C=O) groups excluding carboxylic acids is 2. The summed E-state index contributed by atoms with van der Waals surface area (Å²) in [5.74, 6) is 0.255. The van der Waals surface area contributed by atoms with Crippen LogP contribution in [0.4, 0.5) is 4.79 Å². The molecule has 3 amide bonds. The summed E-state index contributed by atoms with van der Waals surface area (Å²) in [7, 11) is 0. The van der Waals surface area contributed by atoms with Crippen LogP contribution in [-0.2, 0) is 11.3 Å². The minimum atomic E-state index is -0.863. The molecule has 26 heavy (non-hydrogen) atoms. The number of rotatable bonds is 7. The lowest BCUT2D eigenvalue weighted by molar-refractivity contribution is -0.120. The van der Waals surface area contributed by atoms with Crippen molar-refractivity contribution in [1.82, 2.24) is 20.1 Å². The summed E-state index contributed by atoms with van der Waals surface area (Å²) < 4.78 is 1.97. The largest absolute Gasteiger partial charge is 0.351 e. The highest BCUT2D eigenvalue weighted by molar-refractivity contribution is 8.00. The molecule has 0 bridgehead atoms. The van der Waals surface area contributed by atoms with Crippen molar-refractivity contribution in [3.63, 3.8) is 0 Å². The van der Waals surface area contributed by atoms with Crippen molar-refractivity contribution in [3.8, 4) is 11.4 Å². The monoisotopic (exact) mass is 395 g/mol. The lowest BCUT2D eigenvalue weighted by Gasteiger charge is -2.19. The molecule has 140 valence electrons. The van der Waals surface area contributed by atoms with Gasteiger partial charge in [-0.15, -0.1) is 10.2 Å². The smallest absolute Gasteiger partial charge is 0.318 e. The maximum Gasteiger partial charge on any atom is 0.318 e. The van der Waals surface area contributed by atoms with Crippen molar-refractivity contribution in [1.29, 1.82) is 0 Å². The second-order valence-corrected chi connectivity index (χ2v) is 7.65. The Bertz CT molecular complexity index is 776. The Morgan fingerprint density at radius 3 is 2.46 bits per heavy atom. The van der Waals surface area contributed by atoms with E-state index in [9.17, 15) is 9.59 Å². The van der Waals surface area contributed by atoms with Gasteiger partial charge in [0.05, 0.1) is 5.25 Å². The van der Waals surface area contributed by atoms with Gasteiger partial charge in [-0.25, -0.2) is 4.79 Å². The first kappa shape index (κ1) is 20.3. The molecular weight excluding hydrogens is 374 g/mol. The minimum Gasteiger partial charge on any atom is -0.351 e. The number of primary amides is 1. The van der Waals surface area contributed by atoms with Crippen molar-refractivity contribution >= 4 is 35.3 Å². The molecule has 7 nitrogen and oxygen atoms in total. The zero-order valence-corrected chi connectivity index (χ0v) is 16.5. The van der Waals surface area contributed by atoms with Gasteiger partial charge in [0.15, 0.2) is 11.0 Å². The van der Waals surface area contributed by atoms with Crippen LogP contribution >= 0.6 is 23.4 Å². The van der Waals surface area contributed by atoms with E-state index in [0.717, 1.165) is 12.0 Å². The molecule has 1 aromatic heterocycles. The number of thioether (sulfide) groups is 1. The molecule has 0 aliphatic carbocycles. The Kier molecular flexibility index (Phi) is 7.05. The molecule has 1 atom stereocenters. The summed E-state index contributed by atoms with van der Waals surface area (Å²) >= 11 is 7.23. The zero-order valence-electron chi connectivity index (χ0n) is 14.9. The predicted molar refractivity (Wildman–Crippen MR) is 103 cm³/mol. The highest BCUT2D eigenvalue weighted by Gasteiger charge is 2.27. The molecule has 2 aromatic rings. The van der Waals surface area contributed by atoms with Gasteiger partial charge >= 0.3 is 6.03 Å². The predicted octanol–water partition coefficient (Wildman–Crippen LogP) is 3.32. The standard InChI is InChI=1S/C17H22ClN5O2S/c1-4-9-23-14(11-5-7-12(18)8-6-11)21-22-17(23)26-13(10(2)3)15(24)20-16(19)25/h5-8,10,13H,4,9H2,1-3H3,(H3,19,20,24,25)/t13-/m0/s1. The van der Waals surface area contributed by atoms with Gasteiger partial charge in [0.1, 0.15) is 0 Å². The fourth-order valence-electron chi connectivity index (χ4n) is 2.41. The van der Waals surface area contributed by atoms with Gasteiger partial charge in [0.25, 0.3) is 0 Å². The second-order valence-electron chi connectivity index (χ2n) is 6.10. The molecule has 0 aliphatic heterocycles. The van der Waals surface area contributed by atoms with Crippen LogP contribution in [0.5, 0.6) is 0 Å². The number of halogens is 1. The fourth-order valence-corrected chi connectivity index (χ4v) is 3.60. The highest BCUT2D eigenvalue weighted by Crippen LogP contribution is 2.30. The molecule has 3 N–H and O–H groups in total. The third-order valence-corrected chi connectivity index (χ3v) is 5.39. The number of benzene rings is 1. The number of nitrogens with two attached hydrogens (primary N) is 1. The molecule has 0 saturated carbocycles.